The van der Waals surface area contributed by atoms with Gasteiger partial charge in [-0.2, -0.15) is 13.2 Å². The van der Waals surface area contributed by atoms with Crippen molar-refractivity contribution in [1.29, 1.82) is 0 Å². The second kappa shape index (κ2) is 9.42. The number of alkyl halides is 3. The number of aliphatic hydroxyl groups excluding tert-OH is 1. The number of allylic oxidation sites excluding steroid dienone is 1. The van der Waals surface area contributed by atoms with Crippen LogP contribution in [0.1, 0.15) is 12.5 Å². The minimum atomic E-state index is -4.53. The standard InChI is InChI=1S/C15H17F3N4O4/c1-9(21-22-14(26)13(25)19-5-6-23)7-12(24)20-11-4-2-3-10(8-11)15(16,17)18/h2-4,7-8,21,23H,5-6H2,1H3,(H,19,25)(H,20,24)(H,22,26)/b9-7-. The molecule has 0 aliphatic heterocycles. The van der Waals surface area contributed by atoms with E-state index < -0.39 is 29.5 Å². The number of carbonyl (C=O) groups is 3. The number of rotatable bonds is 6. The van der Waals surface area contributed by atoms with Crippen LogP contribution in [-0.2, 0) is 20.6 Å². The number of aliphatic hydroxyl groups is 1. The summed E-state index contributed by atoms with van der Waals surface area (Å²) in [5, 5.41) is 12.9. The van der Waals surface area contributed by atoms with Gasteiger partial charge in [-0.1, -0.05) is 6.07 Å². The molecule has 0 heterocycles. The number of hydrazine groups is 1. The summed E-state index contributed by atoms with van der Waals surface area (Å²) in [5.41, 5.74) is 3.46. The summed E-state index contributed by atoms with van der Waals surface area (Å²) in [6.45, 7) is 0.958. The molecule has 1 aromatic carbocycles. The van der Waals surface area contributed by atoms with Gasteiger partial charge in [0.05, 0.1) is 12.2 Å². The lowest BCUT2D eigenvalue weighted by Crippen LogP contribution is -2.46. The Hall–Kier alpha value is -3.08. The third-order valence-corrected chi connectivity index (χ3v) is 2.78. The molecule has 0 fully saturated rings. The van der Waals surface area contributed by atoms with E-state index >= 15 is 0 Å². The monoisotopic (exact) mass is 374 g/mol. The van der Waals surface area contributed by atoms with E-state index in [0.29, 0.717) is 0 Å². The summed E-state index contributed by atoms with van der Waals surface area (Å²) in [6, 6.07) is 4.09. The topological polar surface area (TPSA) is 120 Å². The summed E-state index contributed by atoms with van der Waals surface area (Å²) in [5.74, 6) is -2.79. The first-order valence-electron chi connectivity index (χ1n) is 7.25. The van der Waals surface area contributed by atoms with Gasteiger partial charge < -0.3 is 21.2 Å². The highest BCUT2D eigenvalue weighted by Gasteiger charge is 2.30. The third-order valence-electron chi connectivity index (χ3n) is 2.78. The van der Waals surface area contributed by atoms with E-state index in [1.807, 2.05) is 5.43 Å². The van der Waals surface area contributed by atoms with E-state index in [0.717, 1.165) is 24.3 Å². The van der Waals surface area contributed by atoms with E-state index in [4.69, 9.17) is 5.11 Å². The smallest absolute Gasteiger partial charge is 0.395 e. The van der Waals surface area contributed by atoms with Crippen LogP contribution in [0.2, 0.25) is 0 Å². The van der Waals surface area contributed by atoms with Crippen LogP contribution in [0.4, 0.5) is 18.9 Å². The molecule has 0 bridgehead atoms. The molecule has 0 aromatic heterocycles. The van der Waals surface area contributed by atoms with Crippen LogP contribution in [0.25, 0.3) is 0 Å². The summed E-state index contributed by atoms with van der Waals surface area (Å²) >= 11 is 0. The molecular formula is C15H17F3N4O4. The van der Waals surface area contributed by atoms with E-state index in [1.165, 1.54) is 13.0 Å². The Bertz CT molecular complexity index is 704. The van der Waals surface area contributed by atoms with Gasteiger partial charge in [0.15, 0.2) is 0 Å². The molecule has 11 heteroatoms. The number of anilines is 1. The Balaban J connectivity index is 2.58. The van der Waals surface area contributed by atoms with Gasteiger partial charge in [0.2, 0.25) is 5.91 Å². The summed E-state index contributed by atoms with van der Waals surface area (Å²) in [7, 11) is 0. The molecule has 8 nitrogen and oxygen atoms in total. The number of hydrogen-bond donors (Lipinski definition) is 5. The molecule has 1 aromatic rings. The average molecular weight is 374 g/mol. The van der Waals surface area contributed by atoms with Crippen LogP contribution in [0.5, 0.6) is 0 Å². The van der Waals surface area contributed by atoms with Gasteiger partial charge in [0, 0.05) is 24.0 Å². The lowest BCUT2D eigenvalue weighted by Gasteiger charge is -2.10. The van der Waals surface area contributed by atoms with Crippen molar-refractivity contribution in [3.05, 3.63) is 41.6 Å². The highest BCUT2D eigenvalue weighted by molar-refractivity contribution is 6.34. The SMILES string of the molecule is C/C(=C/C(=O)Nc1cccc(C(F)(F)F)c1)NNC(=O)C(=O)NCCO. The van der Waals surface area contributed by atoms with Crippen LogP contribution in [0, 0.1) is 0 Å². The molecule has 0 saturated carbocycles. The van der Waals surface area contributed by atoms with Gasteiger partial charge in [-0.05, 0) is 25.1 Å². The zero-order valence-electron chi connectivity index (χ0n) is 13.6. The fourth-order valence-corrected chi connectivity index (χ4v) is 1.65. The van der Waals surface area contributed by atoms with Gasteiger partial charge in [-0.15, -0.1) is 0 Å². The summed E-state index contributed by atoms with van der Waals surface area (Å²) in [4.78, 5) is 34.4. The zero-order chi connectivity index (χ0) is 19.7. The maximum absolute atomic E-state index is 12.6. The van der Waals surface area contributed by atoms with Crippen LogP contribution >= 0.6 is 0 Å². The van der Waals surface area contributed by atoms with E-state index in [-0.39, 0.29) is 24.5 Å². The fraction of sp³-hybridized carbons (Fsp3) is 0.267. The first-order valence-corrected chi connectivity index (χ1v) is 7.25. The number of halogens is 3. The number of amides is 3. The van der Waals surface area contributed by atoms with E-state index in [2.05, 4.69) is 16.1 Å². The van der Waals surface area contributed by atoms with Crippen molar-refractivity contribution in [3.63, 3.8) is 0 Å². The molecule has 0 aliphatic rings. The van der Waals surface area contributed by atoms with Crippen molar-refractivity contribution in [3.8, 4) is 0 Å². The second-order valence-electron chi connectivity index (χ2n) is 4.95. The fourth-order valence-electron chi connectivity index (χ4n) is 1.65. The van der Waals surface area contributed by atoms with Crippen LogP contribution in [-0.4, -0.2) is 36.0 Å². The molecule has 0 atom stereocenters. The number of hydrogen-bond acceptors (Lipinski definition) is 5. The van der Waals surface area contributed by atoms with Crippen LogP contribution in [0.3, 0.4) is 0 Å². The summed E-state index contributed by atoms with van der Waals surface area (Å²) in [6.07, 6.45) is -3.55. The average Bonchev–Trinajstić information content (AvgIpc) is 2.56. The maximum Gasteiger partial charge on any atom is 0.416 e. The lowest BCUT2D eigenvalue weighted by molar-refractivity contribution is -0.139. The van der Waals surface area contributed by atoms with Crippen molar-refractivity contribution in [2.24, 2.45) is 0 Å². The molecule has 0 unspecified atom stereocenters. The minimum absolute atomic E-state index is 0.0544. The van der Waals surface area contributed by atoms with Crippen molar-refractivity contribution in [2.75, 3.05) is 18.5 Å². The minimum Gasteiger partial charge on any atom is -0.395 e. The third kappa shape index (κ3) is 7.21. The molecule has 0 spiro atoms. The quantitative estimate of drug-likeness (QED) is 0.278. The Morgan fingerprint density at radius 2 is 1.85 bits per heavy atom. The number of benzene rings is 1. The first kappa shape index (κ1) is 21.0. The van der Waals surface area contributed by atoms with Crippen molar-refractivity contribution >= 4 is 23.4 Å². The zero-order valence-corrected chi connectivity index (χ0v) is 13.6. The van der Waals surface area contributed by atoms with Crippen molar-refractivity contribution in [1.82, 2.24) is 16.2 Å². The Labute approximate surface area is 146 Å². The van der Waals surface area contributed by atoms with Crippen LogP contribution in [0.15, 0.2) is 36.0 Å². The first-order chi connectivity index (χ1) is 12.1. The molecule has 0 aliphatic carbocycles. The van der Waals surface area contributed by atoms with E-state index in [9.17, 15) is 27.6 Å². The molecule has 5 N–H and O–H groups in total. The molecule has 3 amide bonds. The molecular weight excluding hydrogens is 357 g/mol. The maximum atomic E-state index is 12.6. The van der Waals surface area contributed by atoms with Crippen LogP contribution < -0.4 is 21.5 Å². The number of nitrogens with one attached hydrogen (secondary N) is 4. The van der Waals surface area contributed by atoms with Crippen molar-refractivity contribution in [2.45, 2.75) is 13.1 Å². The molecule has 26 heavy (non-hydrogen) atoms. The Kier molecular flexibility index (Phi) is 7.59. The van der Waals surface area contributed by atoms with Gasteiger partial charge in [-0.3, -0.25) is 19.8 Å². The second-order valence-corrected chi connectivity index (χ2v) is 4.95. The van der Waals surface area contributed by atoms with Gasteiger partial charge >= 0.3 is 18.0 Å². The lowest BCUT2D eigenvalue weighted by atomic mass is 10.2. The Morgan fingerprint density at radius 1 is 1.15 bits per heavy atom. The van der Waals surface area contributed by atoms with E-state index in [1.54, 1.807) is 0 Å². The highest BCUT2D eigenvalue weighted by Crippen LogP contribution is 2.30. The molecule has 1 rings (SSSR count). The Morgan fingerprint density at radius 3 is 2.46 bits per heavy atom. The van der Waals surface area contributed by atoms with Crippen molar-refractivity contribution < 1.29 is 32.7 Å². The predicted molar refractivity (Wildman–Crippen MR) is 85.2 cm³/mol. The summed E-state index contributed by atoms with van der Waals surface area (Å²) < 4.78 is 37.8. The normalized spacial score (nSPS) is 11.5. The van der Waals surface area contributed by atoms with Gasteiger partial charge in [0.1, 0.15) is 0 Å². The largest absolute Gasteiger partial charge is 0.416 e. The molecule has 0 radical (unpaired) electrons. The predicted octanol–water partition coefficient (Wildman–Crippen LogP) is 0.277. The molecule has 0 saturated heterocycles. The molecule has 142 valence electrons. The highest BCUT2D eigenvalue weighted by atomic mass is 19.4. The number of carbonyl (C=O) groups excluding carboxylic acids is 3. The van der Waals surface area contributed by atoms with Gasteiger partial charge in [-0.25, -0.2) is 0 Å². The van der Waals surface area contributed by atoms with Gasteiger partial charge in [0.25, 0.3) is 0 Å².